The van der Waals surface area contributed by atoms with Gasteiger partial charge in [-0.2, -0.15) is 0 Å². The fraction of sp³-hybridized carbons (Fsp3) is 0.850. The van der Waals surface area contributed by atoms with Gasteiger partial charge in [0.25, 0.3) is 0 Å². The molecule has 0 aliphatic heterocycles. The van der Waals surface area contributed by atoms with Gasteiger partial charge in [-0.1, -0.05) is 45.8 Å². The van der Waals surface area contributed by atoms with Crippen LogP contribution in [0.4, 0.5) is 0 Å². The van der Waals surface area contributed by atoms with Crippen LogP contribution in [0.15, 0.2) is 11.6 Å². The van der Waals surface area contributed by atoms with Crippen LogP contribution in [0.25, 0.3) is 0 Å². The number of Topliss-reactive ketones (excluding diaryl/α,β-unsaturated/α-hetero) is 1. The maximum Gasteiger partial charge on any atom is 0.135 e. The van der Waals surface area contributed by atoms with Crippen molar-refractivity contribution in [3.8, 4) is 0 Å². The monoisotopic (exact) mass is 292 g/mol. The highest BCUT2D eigenvalue weighted by Crippen LogP contribution is 2.27. The fourth-order valence-corrected chi connectivity index (χ4v) is 3.30. The highest BCUT2D eigenvalue weighted by atomic mass is 16.1. The van der Waals surface area contributed by atoms with Gasteiger partial charge in [0.1, 0.15) is 5.78 Å². The van der Waals surface area contributed by atoms with Crippen molar-refractivity contribution in [2.45, 2.75) is 86.0 Å². The first-order chi connectivity index (χ1) is 9.90. The average molecular weight is 293 g/mol. The second-order valence-corrected chi connectivity index (χ2v) is 7.77. The second kappa shape index (κ2) is 9.43. The van der Waals surface area contributed by atoms with E-state index in [1.54, 1.807) is 0 Å². The predicted octanol–water partition coefficient (Wildman–Crippen LogP) is 6.18. The third-order valence-electron chi connectivity index (χ3n) is 5.38. The summed E-state index contributed by atoms with van der Waals surface area (Å²) in [4.78, 5) is 12.2. The number of carbonyl (C=O) groups is 1. The van der Waals surface area contributed by atoms with Gasteiger partial charge in [0.05, 0.1) is 0 Å². The van der Waals surface area contributed by atoms with E-state index in [0.717, 1.165) is 37.5 Å². The Morgan fingerprint density at radius 2 is 1.76 bits per heavy atom. The molecular formula is C20H36O. The Balaban J connectivity index is 2.69. The first-order valence-corrected chi connectivity index (χ1v) is 9.08. The Morgan fingerprint density at radius 1 is 1.05 bits per heavy atom. The van der Waals surface area contributed by atoms with Crippen LogP contribution >= 0.6 is 0 Å². The van der Waals surface area contributed by atoms with Gasteiger partial charge in [-0.3, -0.25) is 4.79 Å². The Bertz CT molecular complexity index is 340. The summed E-state index contributed by atoms with van der Waals surface area (Å²) in [7, 11) is 0. The first-order valence-electron chi connectivity index (χ1n) is 9.08. The first kappa shape index (κ1) is 18.5. The topological polar surface area (TPSA) is 17.1 Å². The molecule has 122 valence electrons. The molecule has 0 bridgehead atoms. The lowest BCUT2D eigenvalue weighted by molar-refractivity contribution is -0.122. The summed E-state index contributed by atoms with van der Waals surface area (Å²) in [5, 5.41) is 0. The van der Waals surface area contributed by atoms with Gasteiger partial charge in [0.15, 0.2) is 0 Å². The summed E-state index contributed by atoms with van der Waals surface area (Å²) < 4.78 is 0. The smallest absolute Gasteiger partial charge is 0.135 e. The molecule has 1 rings (SSSR count). The second-order valence-electron chi connectivity index (χ2n) is 7.77. The van der Waals surface area contributed by atoms with Crippen LogP contribution < -0.4 is 0 Å². The highest BCUT2D eigenvalue weighted by molar-refractivity contribution is 5.80. The standard InChI is InChI=1S/C20H36O/c1-15(2)19-12-9-16(3)7-6-8-18(5)20(21)14-11-17(4)10-13-19/h9,15,17-19H,6-8,10-14H2,1-5H3/b16-9-. The number of hydrogen-bond acceptors (Lipinski definition) is 1. The molecule has 1 heteroatoms. The minimum atomic E-state index is 0.261. The van der Waals surface area contributed by atoms with Crippen molar-refractivity contribution in [1.29, 1.82) is 0 Å². The van der Waals surface area contributed by atoms with Gasteiger partial charge in [-0.15, -0.1) is 0 Å². The van der Waals surface area contributed by atoms with Crippen molar-refractivity contribution < 1.29 is 4.79 Å². The number of ketones is 1. The molecule has 1 aliphatic carbocycles. The quantitative estimate of drug-likeness (QED) is 0.527. The van der Waals surface area contributed by atoms with Gasteiger partial charge in [-0.05, 0) is 63.2 Å². The van der Waals surface area contributed by atoms with Crippen LogP contribution in [0, 0.1) is 23.7 Å². The lowest BCUT2D eigenvalue weighted by atomic mass is 9.83. The normalized spacial score (nSPS) is 33.3. The van der Waals surface area contributed by atoms with Crippen molar-refractivity contribution in [3.63, 3.8) is 0 Å². The minimum absolute atomic E-state index is 0.261. The summed E-state index contributed by atoms with van der Waals surface area (Å²) in [5.74, 6) is 3.00. The van der Waals surface area contributed by atoms with Crippen LogP contribution in [-0.2, 0) is 4.79 Å². The van der Waals surface area contributed by atoms with E-state index in [1.165, 1.54) is 31.3 Å². The third-order valence-corrected chi connectivity index (χ3v) is 5.38. The summed E-state index contributed by atoms with van der Waals surface area (Å²) >= 11 is 0. The molecule has 3 atom stereocenters. The molecule has 3 unspecified atom stereocenters. The molecule has 21 heavy (non-hydrogen) atoms. The van der Waals surface area contributed by atoms with E-state index < -0.39 is 0 Å². The van der Waals surface area contributed by atoms with E-state index in [-0.39, 0.29) is 5.92 Å². The molecule has 1 nitrogen and oxygen atoms in total. The summed E-state index contributed by atoms with van der Waals surface area (Å²) in [6, 6.07) is 0. The number of rotatable bonds is 1. The Hall–Kier alpha value is -0.590. The van der Waals surface area contributed by atoms with E-state index in [9.17, 15) is 4.79 Å². The van der Waals surface area contributed by atoms with Crippen LogP contribution in [0.3, 0.4) is 0 Å². The molecule has 0 fully saturated rings. The Labute approximate surface area is 132 Å². The molecule has 0 N–H and O–H groups in total. The largest absolute Gasteiger partial charge is 0.299 e. The molecule has 0 aromatic heterocycles. The minimum Gasteiger partial charge on any atom is -0.299 e. The van der Waals surface area contributed by atoms with Crippen molar-refractivity contribution in [3.05, 3.63) is 11.6 Å². The Morgan fingerprint density at radius 3 is 2.43 bits per heavy atom. The zero-order chi connectivity index (χ0) is 15.8. The fourth-order valence-electron chi connectivity index (χ4n) is 3.30. The molecule has 0 heterocycles. The molecule has 0 aromatic carbocycles. The van der Waals surface area contributed by atoms with E-state index in [2.05, 4.69) is 40.7 Å². The van der Waals surface area contributed by atoms with E-state index in [0.29, 0.717) is 11.7 Å². The predicted molar refractivity (Wildman–Crippen MR) is 92.4 cm³/mol. The molecule has 0 radical (unpaired) electrons. The Kier molecular flexibility index (Phi) is 8.29. The van der Waals surface area contributed by atoms with Gasteiger partial charge in [0.2, 0.25) is 0 Å². The van der Waals surface area contributed by atoms with Crippen LogP contribution in [0.2, 0.25) is 0 Å². The van der Waals surface area contributed by atoms with E-state index >= 15 is 0 Å². The number of carbonyl (C=O) groups excluding carboxylic acids is 1. The van der Waals surface area contributed by atoms with Crippen molar-refractivity contribution in [2.75, 3.05) is 0 Å². The van der Waals surface area contributed by atoms with Crippen molar-refractivity contribution in [1.82, 2.24) is 0 Å². The molecule has 0 saturated carbocycles. The SMILES string of the molecule is C/C1=C/CC(C(C)C)CCC(C)CCC(=O)C(C)CCC1. The van der Waals surface area contributed by atoms with E-state index in [4.69, 9.17) is 0 Å². The lowest BCUT2D eigenvalue weighted by Crippen LogP contribution is -2.14. The molecule has 0 amide bonds. The molecule has 0 aromatic rings. The average Bonchev–Trinajstić information content (AvgIpc) is 2.43. The number of allylic oxidation sites excluding steroid dienone is 2. The lowest BCUT2D eigenvalue weighted by Gasteiger charge is -2.22. The van der Waals surface area contributed by atoms with Crippen molar-refractivity contribution in [2.24, 2.45) is 23.7 Å². The van der Waals surface area contributed by atoms with Gasteiger partial charge in [-0.25, -0.2) is 0 Å². The van der Waals surface area contributed by atoms with E-state index in [1.807, 2.05) is 0 Å². The van der Waals surface area contributed by atoms with Gasteiger partial charge in [0, 0.05) is 12.3 Å². The maximum atomic E-state index is 12.2. The highest BCUT2D eigenvalue weighted by Gasteiger charge is 2.17. The maximum absolute atomic E-state index is 12.2. The third kappa shape index (κ3) is 7.29. The van der Waals surface area contributed by atoms with Gasteiger partial charge >= 0.3 is 0 Å². The van der Waals surface area contributed by atoms with Crippen LogP contribution in [0.5, 0.6) is 0 Å². The summed E-state index contributed by atoms with van der Waals surface area (Å²) in [5.41, 5.74) is 1.52. The summed E-state index contributed by atoms with van der Waals surface area (Å²) in [6.45, 7) is 11.4. The van der Waals surface area contributed by atoms with Crippen LogP contribution in [0.1, 0.15) is 86.0 Å². The summed E-state index contributed by atoms with van der Waals surface area (Å²) in [6.07, 6.45) is 11.6. The molecule has 1 aliphatic rings. The van der Waals surface area contributed by atoms with Crippen LogP contribution in [-0.4, -0.2) is 5.78 Å². The van der Waals surface area contributed by atoms with Gasteiger partial charge < -0.3 is 0 Å². The molecule has 0 spiro atoms. The van der Waals surface area contributed by atoms with Crippen molar-refractivity contribution >= 4 is 5.78 Å². The molecule has 0 saturated heterocycles. The zero-order valence-electron chi connectivity index (χ0n) is 15.0. The zero-order valence-corrected chi connectivity index (χ0v) is 15.0. The molecular weight excluding hydrogens is 256 g/mol. The number of hydrogen-bond donors (Lipinski definition) is 0.